The highest BCUT2D eigenvalue weighted by Crippen LogP contribution is 2.21. The highest BCUT2D eigenvalue weighted by atomic mass is 19.1. The summed E-state index contributed by atoms with van der Waals surface area (Å²) in [7, 11) is 0. The maximum atomic E-state index is 14.4. The first-order valence-corrected chi connectivity index (χ1v) is 8.50. The molecule has 2 N–H and O–H groups in total. The zero-order valence-corrected chi connectivity index (χ0v) is 14.9. The van der Waals surface area contributed by atoms with Crippen molar-refractivity contribution in [3.63, 3.8) is 0 Å². The summed E-state index contributed by atoms with van der Waals surface area (Å²) in [6.45, 7) is 1.73. The number of esters is 1. The number of aliphatic hydroxyl groups is 1. The van der Waals surface area contributed by atoms with Gasteiger partial charge >= 0.3 is 5.97 Å². The van der Waals surface area contributed by atoms with E-state index in [2.05, 4.69) is 10.3 Å². The Labute approximate surface area is 158 Å². The number of halogens is 2. The number of hydrogen-bond acceptors (Lipinski definition) is 6. The van der Waals surface area contributed by atoms with E-state index in [1.54, 1.807) is 6.92 Å². The van der Waals surface area contributed by atoms with Crippen molar-refractivity contribution in [2.24, 2.45) is 0 Å². The average Bonchev–Trinajstić information content (AvgIpc) is 2.67. The summed E-state index contributed by atoms with van der Waals surface area (Å²) in [6, 6.07) is 5.86. The van der Waals surface area contributed by atoms with Gasteiger partial charge in [0.2, 0.25) is 5.43 Å². The summed E-state index contributed by atoms with van der Waals surface area (Å²) < 4.78 is 33.9. The predicted molar refractivity (Wildman–Crippen MR) is 98.8 cm³/mol. The van der Waals surface area contributed by atoms with Gasteiger partial charge in [-0.25, -0.2) is 18.6 Å². The number of aliphatic hydroxyl groups excluding tert-OH is 1. The maximum absolute atomic E-state index is 14.4. The number of pyridine rings is 2. The van der Waals surface area contributed by atoms with Crippen LogP contribution in [0.5, 0.6) is 0 Å². The van der Waals surface area contributed by atoms with E-state index in [1.807, 2.05) is 0 Å². The predicted octanol–water partition coefficient (Wildman–Crippen LogP) is 2.24. The van der Waals surface area contributed by atoms with Gasteiger partial charge in [0, 0.05) is 18.8 Å². The molecule has 0 aliphatic carbocycles. The summed E-state index contributed by atoms with van der Waals surface area (Å²) >= 11 is 0. The Kier molecular flexibility index (Phi) is 5.65. The summed E-state index contributed by atoms with van der Waals surface area (Å²) in [5.74, 6) is -2.18. The number of anilines is 1. The van der Waals surface area contributed by atoms with Crippen molar-refractivity contribution in [1.82, 2.24) is 9.55 Å². The van der Waals surface area contributed by atoms with Crippen LogP contribution in [-0.4, -0.2) is 40.4 Å². The molecule has 3 aromatic rings. The second-order valence-corrected chi connectivity index (χ2v) is 5.78. The molecule has 9 heteroatoms. The van der Waals surface area contributed by atoms with Gasteiger partial charge in [-0.1, -0.05) is 0 Å². The van der Waals surface area contributed by atoms with Crippen molar-refractivity contribution in [2.45, 2.75) is 6.92 Å². The summed E-state index contributed by atoms with van der Waals surface area (Å²) in [6.07, 6.45) is 1.13. The number of carbonyl (C=O) groups excluding carboxylic acids is 1. The van der Waals surface area contributed by atoms with Crippen LogP contribution in [0.1, 0.15) is 17.3 Å². The third-order valence-electron chi connectivity index (χ3n) is 3.93. The fraction of sp³-hybridized carbons (Fsp3) is 0.211. The van der Waals surface area contributed by atoms with E-state index < -0.39 is 23.0 Å². The molecular weight excluding hydrogens is 372 g/mol. The number of hydrogen-bond donors (Lipinski definition) is 2. The Hall–Kier alpha value is -3.33. The van der Waals surface area contributed by atoms with Gasteiger partial charge < -0.3 is 15.2 Å². The normalized spacial score (nSPS) is 10.9. The molecule has 0 spiro atoms. The van der Waals surface area contributed by atoms with Crippen LogP contribution in [0, 0.1) is 11.6 Å². The van der Waals surface area contributed by atoms with Crippen molar-refractivity contribution in [1.29, 1.82) is 0 Å². The highest BCUT2D eigenvalue weighted by Gasteiger charge is 2.20. The minimum atomic E-state index is -0.893. The standard InChI is InChI=1S/C19H17F2N3O4/c1-2-28-19(27)13-10-24(15-5-3-11(20)9-14(15)21)18-12(17(13)26)4-6-16(23-18)22-7-8-25/h3-6,9-10,25H,2,7-8H2,1H3,(H,22,23). The molecule has 146 valence electrons. The van der Waals surface area contributed by atoms with E-state index >= 15 is 0 Å². The molecule has 7 nitrogen and oxygen atoms in total. The van der Waals surface area contributed by atoms with Crippen LogP contribution in [0.3, 0.4) is 0 Å². The smallest absolute Gasteiger partial charge is 0.343 e. The zero-order chi connectivity index (χ0) is 20.3. The molecule has 0 amide bonds. The Morgan fingerprint density at radius 3 is 2.75 bits per heavy atom. The SMILES string of the molecule is CCOC(=O)c1cn(-c2ccc(F)cc2F)c2nc(NCCO)ccc2c1=O. The van der Waals surface area contributed by atoms with Crippen LogP contribution in [0.15, 0.2) is 41.3 Å². The van der Waals surface area contributed by atoms with E-state index in [1.165, 1.54) is 22.8 Å². The maximum Gasteiger partial charge on any atom is 0.343 e. The molecule has 0 unspecified atom stereocenters. The lowest BCUT2D eigenvalue weighted by molar-refractivity contribution is 0.0524. The molecule has 0 bridgehead atoms. The third-order valence-corrected chi connectivity index (χ3v) is 3.93. The number of rotatable bonds is 6. The largest absolute Gasteiger partial charge is 0.462 e. The molecule has 1 aromatic carbocycles. The van der Waals surface area contributed by atoms with Gasteiger partial charge in [0.15, 0.2) is 5.65 Å². The number of carbonyl (C=O) groups is 1. The molecule has 0 aliphatic rings. The van der Waals surface area contributed by atoms with Crippen LogP contribution in [0.25, 0.3) is 16.7 Å². The minimum absolute atomic E-state index is 0.0590. The van der Waals surface area contributed by atoms with Gasteiger partial charge in [-0.3, -0.25) is 9.36 Å². The third kappa shape index (κ3) is 3.70. The number of nitrogens with one attached hydrogen (secondary N) is 1. The molecule has 3 rings (SSSR count). The van der Waals surface area contributed by atoms with Gasteiger partial charge in [-0.05, 0) is 31.2 Å². The van der Waals surface area contributed by atoms with E-state index in [0.29, 0.717) is 11.9 Å². The first-order chi connectivity index (χ1) is 13.5. The van der Waals surface area contributed by atoms with E-state index in [0.717, 1.165) is 12.3 Å². The number of aromatic nitrogens is 2. The summed E-state index contributed by atoms with van der Waals surface area (Å²) in [4.78, 5) is 29.2. The fourth-order valence-corrected chi connectivity index (χ4v) is 2.70. The molecule has 0 aliphatic heterocycles. The first kappa shape index (κ1) is 19.4. The van der Waals surface area contributed by atoms with Crippen molar-refractivity contribution in [2.75, 3.05) is 25.1 Å². The number of fused-ring (bicyclic) bond motifs is 1. The zero-order valence-electron chi connectivity index (χ0n) is 14.9. The first-order valence-electron chi connectivity index (χ1n) is 8.50. The van der Waals surface area contributed by atoms with E-state index in [9.17, 15) is 18.4 Å². The molecular formula is C19H17F2N3O4. The second-order valence-electron chi connectivity index (χ2n) is 5.78. The van der Waals surface area contributed by atoms with Gasteiger partial charge in [0.1, 0.15) is 23.0 Å². The number of nitrogens with zero attached hydrogens (tertiary/aromatic N) is 2. The van der Waals surface area contributed by atoms with Crippen molar-refractivity contribution < 1.29 is 23.4 Å². The average molecular weight is 389 g/mol. The second kappa shape index (κ2) is 8.13. The topological polar surface area (TPSA) is 93.5 Å². The van der Waals surface area contributed by atoms with Crippen LogP contribution in [0.4, 0.5) is 14.6 Å². The van der Waals surface area contributed by atoms with E-state index in [4.69, 9.17) is 9.84 Å². The van der Waals surface area contributed by atoms with Crippen molar-refractivity contribution in [3.8, 4) is 5.69 Å². The van der Waals surface area contributed by atoms with Gasteiger partial charge in [0.25, 0.3) is 0 Å². The molecule has 0 fully saturated rings. The lowest BCUT2D eigenvalue weighted by Crippen LogP contribution is -2.21. The minimum Gasteiger partial charge on any atom is -0.462 e. The molecule has 0 atom stereocenters. The van der Waals surface area contributed by atoms with Crippen LogP contribution in [0.2, 0.25) is 0 Å². The molecule has 2 heterocycles. The van der Waals surface area contributed by atoms with Gasteiger partial charge in [-0.15, -0.1) is 0 Å². The quantitative estimate of drug-likeness (QED) is 0.628. The summed E-state index contributed by atoms with van der Waals surface area (Å²) in [5.41, 5.74) is -0.945. The number of ether oxygens (including phenoxy) is 1. The molecule has 0 radical (unpaired) electrons. The highest BCUT2D eigenvalue weighted by molar-refractivity contribution is 5.93. The molecule has 0 saturated carbocycles. The Morgan fingerprint density at radius 2 is 2.07 bits per heavy atom. The lowest BCUT2D eigenvalue weighted by Gasteiger charge is -2.14. The Bertz CT molecular complexity index is 1100. The molecule has 2 aromatic heterocycles. The van der Waals surface area contributed by atoms with Crippen LogP contribution < -0.4 is 10.7 Å². The number of benzene rings is 1. The van der Waals surface area contributed by atoms with E-state index in [-0.39, 0.29) is 42.0 Å². The van der Waals surface area contributed by atoms with Crippen LogP contribution >= 0.6 is 0 Å². The Morgan fingerprint density at radius 1 is 1.29 bits per heavy atom. The van der Waals surface area contributed by atoms with Gasteiger partial charge in [-0.2, -0.15) is 0 Å². The van der Waals surface area contributed by atoms with Crippen molar-refractivity contribution in [3.05, 3.63) is 63.9 Å². The van der Waals surface area contributed by atoms with Crippen molar-refractivity contribution >= 4 is 22.8 Å². The fourth-order valence-electron chi connectivity index (χ4n) is 2.70. The van der Waals surface area contributed by atoms with Crippen LogP contribution in [-0.2, 0) is 4.74 Å². The summed E-state index contributed by atoms with van der Waals surface area (Å²) in [5, 5.41) is 11.8. The Balaban J connectivity index is 2.31. The molecule has 28 heavy (non-hydrogen) atoms. The van der Waals surface area contributed by atoms with Gasteiger partial charge in [0.05, 0.1) is 24.3 Å². The molecule has 0 saturated heterocycles. The monoisotopic (exact) mass is 389 g/mol. The lowest BCUT2D eigenvalue weighted by atomic mass is 10.1.